The molecule has 1 aromatic heterocycles. The Hall–Kier alpha value is -1.97. The van der Waals surface area contributed by atoms with E-state index in [-0.39, 0.29) is 34.7 Å². The van der Waals surface area contributed by atoms with Gasteiger partial charge in [-0.3, -0.25) is 9.89 Å². The highest BCUT2D eigenvalue weighted by Gasteiger charge is 2.30. The van der Waals surface area contributed by atoms with Gasteiger partial charge in [0, 0.05) is 37.9 Å². The van der Waals surface area contributed by atoms with E-state index in [4.69, 9.17) is 11.6 Å². The largest absolute Gasteiger partial charge is 0.343 e. The summed E-state index contributed by atoms with van der Waals surface area (Å²) in [5.41, 5.74) is 0. The van der Waals surface area contributed by atoms with Gasteiger partial charge in [-0.25, -0.2) is 18.1 Å². The lowest BCUT2D eigenvalue weighted by molar-refractivity contribution is -0.132. The van der Waals surface area contributed by atoms with Gasteiger partial charge in [0.15, 0.2) is 5.82 Å². The molecule has 2 aromatic rings. The highest BCUT2D eigenvalue weighted by atomic mass is 35.5. The lowest BCUT2D eigenvalue weighted by atomic mass is 9.96. The molecule has 0 unspecified atom stereocenters. The minimum atomic E-state index is -3.73. The Morgan fingerprint density at radius 2 is 1.90 bits per heavy atom. The van der Waals surface area contributed by atoms with Crippen molar-refractivity contribution in [1.29, 1.82) is 0 Å². The molecule has 2 aliphatic rings. The summed E-state index contributed by atoms with van der Waals surface area (Å²) in [6.45, 7) is 1.32. The molecule has 1 aliphatic heterocycles. The van der Waals surface area contributed by atoms with Crippen molar-refractivity contribution >= 4 is 27.5 Å². The molecule has 0 radical (unpaired) electrons. The Balaban J connectivity index is 1.24. The first-order valence-electron chi connectivity index (χ1n) is 9.88. The normalized spacial score (nSPS) is 18.2. The van der Waals surface area contributed by atoms with Crippen molar-refractivity contribution in [2.75, 3.05) is 19.6 Å². The number of piperidine rings is 1. The van der Waals surface area contributed by atoms with Gasteiger partial charge in [0.1, 0.15) is 10.7 Å². The van der Waals surface area contributed by atoms with Crippen molar-refractivity contribution in [3.63, 3.8) is 0 Å². The fourth-order valence-corrected chi connectivity index (χ4v) is 5.14. The Morgan fingerprint density at radius 3 is 2.59 bits per heavy atom. The van der Waals surface area contributed by atoms with E-state index >= 15 is 0 Å². The standard InChI is InChI=1S/C19H24ClN5O3S/c20-15-3-1-2-4-16(15)29(27,28)21-10-7-17(26)25-11-8-14(9-12-25)19-22-18(23-24-19)13-5-6-13/h1-4,13-14,21H,5-12H2,(H,22,23,24). The van der Waals surface area contributed by atoms with E-state index in [1.807, 2.05) is 0 Å². The molecule has 10 heteroatoms. The summed E-state index contributed by atoms with van der Waals surface area (Å²) in [5.74, 6) is 2.60. The van der Waals surface area contributed by atoms with Gasteiger partial charge in [-0.15, -0.1) is 0 Å². The molecular weight excluding hydrogens is 414 g/mol. The molecule has 4 rings (SSSR count). The number of halogens is 1. The van der Waals surface area contributed by atoms with Crippen molar-refractivity contribution in [3.8, 4) is 0 Å². The minimum Gasteiger partial charge on any atom is -0.343 e. The molecule has 0 spiro atoms. The van der Waals surface area contributed by atoms with Gasteiger partial charge < -0.3 is 4.90 Å². The van der Waals surface area contributed by atoms with Crippen LogP contribution in [0.3, 0.4) is 0 Å². The van der Waals surface area contributed by atoms with Gasteiger partial charge in [-0.05, 0) is 37.8 Å². The highest BCUT2D eigenvalue weighted by Crippen LogP contribution is 2.38. The zero-order valence-electron chi connectivity index (χ0n) is 16.0. The molecule has 0 bridgehead atoms. The number of sulfonamides is 1. The molecule has 1 amide bonds. The van der Waals surface area contributed by atoms with Crippen molar-refractivity contribution < 1.29 is 13.2 Å². The summed E-state index contributed by atoms with van der Waals surface area (Å²) in [7, 11) is -3.73. The fraction of sp³-hybridized carbons (Fsp3) is 0.526. The van der Waals surface area contributed by atoms with Gasteiger partial charge in [0.05, 0.1) is 5.02 Å². The van der Waals surface area contributed by atoms with Crippen molar-refractivity contribution in [1.82, 2.24) is 24.8 Å². The third-order valence-corrected chi connectivity index (χ3v) is 7.41. The summed E-state index contributed by atoms with van der Waals surface area (Å²) >= 11 is 5.95. The second kappa shape index (κ2) is 8.41. The number of benzene rings is 1. The lowest BCUT2D eigenvalue weighted by Crippen LogP contribution is -2.39. The average molecular weight is 438 g/mol. The first-order chi connectivity index (χ1) is 13.9. The van der Waals surface area contributed by atoms with Gasteiger partial charge in [-0.2, -0.15) is 5.10 Å². The molecule has 0 atom stereocenters. The number of aromatic nitrogens is 3. The molecule has 29 heavy (non-hydrogen) atoms. The Labute approximate surface area is 175 Å². The number of aromatic amines is 1. The Bertz CT molecular complexity index is 981. The predicted molar refractivity (Wildman–Crippen MR) is 108 cm³/mol. The molecule has 1 aromatic carbocycles. The summed E-state index contributed by atoms with van der Waals surface area (Å²) in [6, 6.07) is 6.24. The molecule has 2 N–H and O–H groups in total. The summed E-state index contributed by atoms with van der Waals surface area (Å²) in [4.78, 5) is 18.9. The van der Waals surface area contributed by atoms with Crippen LogP contribution in [0.25, 0.3) is 0 Å². The number of nitrogens with one attached hydrogen (secondary N) is 2. The van der Waals surface area contributed by atoms with E-state index in [9.17, 15) is 13.2 Å². The summed E-state index contributed by atoms with van der Waals surface area (Å²) in [5, 5.41) is 7.53. The van der Waals surface area contributed by atoms with Crippen LogP contribution in [-0.4, -0.2) is 54.0 Å². The maximum absolute atomic E-state index is 12.5. The van der Waals surface area contributed by atoms with Gasteiger partial charge in [0.25, 0.3) is 0 Å². The second-order valence-electron chi connectivity index (χ2n) is 7.59. The van der Waals surface area contributed by atoms with Gasteiger partial charge >= 0.3 is 0 Å². The summed E-state index contributed by atoms with van der Waals surface area (Å²) in [6.07, 6.45) is 4.12. The quantitative estimate of drug-likeness (QED) is 0.691. The number of hydrogen-bond acceptors (Lipinski definition) is 5. The van der Waals surface area contributed by atoms with Crippen LogP contribution < -0.4 is 4.72 Å². The van der Waals surface area contributed by atoms with Crippen LogP contribution in [0.2, 0.25) is 5.02 Å². The van der Waals surface area contributed by atoms with E-state index in [0.29, 0.717) is 19.0 Å². The molecular formula is C19H24ClN5O3S. The number of carbonyl (C=O) groups is 1. The first-order valence-corrected chi connectivity index (χ1v) is 11.7. The van der Waals surface area contributed by atoms with E-state index in [0.717, 1.165) is 24.5 Å². The zero-order valence-corrected chi connectivity index (χ0v) is 17.5. The molecule has 1 saturated carbocycles. The minimum absolute atomic E-state index is 0.0209. The molecule has 156 valence electrons. The topological polar surface area (TPSA) is 108 Å². The SMILES string of the molecule is O=C(CCNS(=O)(=O)c1ccccc1Cl)N1CCC(c2nc(C3CC3)n[nH]2)CC1. The maximum atomic E-state index is 12.5. The lowest BCUT2D eigenvalue weighted by Gasteiger charge is -2.31. The second-order valence-corrected chi connectivity index (χ2v) is 9.73. The van der Waals surface area contributed by atoms with Crippen molar-refractivity contribution in [2.45, 2.75) is 48.8 Å². The van der Waals surface area contributed by atoms with Crippen LogP contribution in [0.5, 0.6) is 0 Å². The predicted octanol–water partition coefficient (Wildman–Crippen LogP) is 2.41. The van der Waals surface area contributed by atoms with Crippen molar-refractivity contribution in [2.24, 2.45) is 0 Å². The average Bonchev–Trinajstić information content (AvgIpc) is 3.45. The maximum Gasteiger partial charge on any atom is 0.242 e. The number of likely N-dealkylation sites (tertiary alicyclic amines) is 1. The molecule has 1 aliphatic carbocycles. The van der Waals surface area contributed by atoms with Crippen LogP contribution in [0.1, 0.15) is 55.6 Å². The first kappa shape index (κ1) is 20.3. The van der Waals surface area contributed by atoms with E-state index < -0.39 is 10.0 Å². The fourth-order valence-electron chi connectivity index (χ4n) is 3.59. The Morgan fingerprint density at radius 1 is 1.17 bits per heavy atom. The third-order valence-electron chi connectivity index (χ3n) is 5.45. The van der Waals surface area contributed by atoms with Gasteiger partial charge in [-0.1, -0.05) is 23.7 Å². The number of hydrogen-bond donors (Lipinski definition) is 2. The number of carbonyl (C=O) groups excluding carboxylic acids is 1. The van der Waals surface area contributed by atoms with Crippen LogP contribution in [0, 0.1) is 0 Å². The molecule has 8 nitrogen and oxygen atoms in total. The molecule has 2 fully saturated rings. The van der Waals surface area contributed by atoms with Crippen LogP contribution in [0.15, 0.2) is 29.2 Å². The Kier molecular flexibility index (Phi) is 5.89. The number of H-pyrrole nitrogens is 1. The zero-order chi connectivity index (χ0) is 20.4. The molecule has 1 saturated heterocycles. The van der Waals surface area contributed by atoms with Crippen LogP contribution in [-0.2, 0) is 14.8 Å². The van der Waals surface area contributed by atoms with E-state index in [2.05, 4.69) is 19.9 Å². The number of amides is 1. The third kappa shape index (κ3) is 4.79. The number of rotatable bonds is 7. The molecule has 2 heterocycles. The van der Waals surface area contributed by atoms with E-state index in [1.54, 1.807) is 17.0 Å². The summed E-state index contributed by atoms with van der Waals surface area (Å²) < 4.78 is 27.1. The highest BCUT2D eigenvalue weighted by molar-refractivity contribution is 7.89. The van der Waals surface area contributed by atoms with Crippen LogP contribution in [0.4, 0.5) is 0 Å². The van der Waals surface area contributed by atoms with Gasteiger partial charge in [0.2, 0.25) is 15.9 Å². The smallest absolute Gasteiger partial charge is 0.242 e. The van der Waals surface area contributed by atoms with Crippen molar-refractivity contribution in [3.05, 3.63) is 40.9 Å². The monoisotopic (exact) mass is 437 g/mol. The van der Waals surface area contributed by atoms with Crippen LogP contribution >= 0.6 is 11.6 Å². The number of nitrogens with zero attached hydrogens (tertiary/aromatic N) is 3. The van der Waals surface area contributed by atoms with E-state index in [1.165, 1.54) is 25.0 Å².